The highest BCUT2D eigenvalue weighted by molar-refractivity contribution is 5.84. The third-order valence-electron chi connectivity index (χ3n) is 1.97. The Labute approximate surface area is 104 Å². The Morgan fingerprint density at radius 2 is 2.28 bits per heavy atom. The lowest BCUT2D eigenvalue weighted by atomic mass is 10.1. The van der Waals surface area contributed by atoms with Crippen LogP contribution in [0.4, 0.5) is 0 Å². The van der Waals surface area contributed by atoms with Crippen LogP contribution in [0.3, 0.4) is 0 Å². The predicted molar refractivity (Wildman–Crippen MR) is 63.8 cm³/mol. The summed E-state index contributed by atoms with van der Waals surface area (Å²) in [5, 5.41) is 20.1. The molecule has 0 unspecified atom stereocenters. The molecule has 0 atom stereocenters. The Hall–Kier alpha value is -2.50. The van der Waals surface area contributed by atoms with Crippen molar-refractivity contribution in [2.24, 2.45) is 5.16 Å². The van der Waals surface area contributed by atoms with Crippen molar-refractivity contribution in [2.75, 3.05) is 7.11 Å². The normalized spacial score (nSPS) is 11.5. The largest absolute Gasteiger partial charge is 0.500 e. The first-order chi connectivity index (χ1) is 8.67. The zero-order chi connectivity index (χ0) is 13.4. The van der Waals surface area contributed by atoms with E-state index in [0.717, 1.165) is 11.8 Å². The number of carboxylic acids is 1. The number of hydrogen-bond donors (Lipinski definition) is 2. The van der Waals surface area contributed by atoms with E-state index >= 15 is 0 Å². The molecule has 18 heavy (non-hydrogen) atoms. The molecular weight excluding hydrogens is 238 g/mol. The molecule has 1 rings (SSSR count). The lowest BCUT2D eigenvalue weighted by Crippen LogP contribution is -2.08. The number of nitrogens with zero attached hydrogens (tertiary/aromatic N) is 1. The van der Waals surface area contributed by atoms with Crippen molar-refractivity contribution in [2.45, 2.75) is 6.42 Å². The number of benzene rings is 1. The lowest BCUT2D eigenvalue weighted by Gasteiger charge is -2.06. The van der Waals surface area contributed by atoms with E-state index in [1.807, 2.05) is 0 Å². The smallest absolute Gasteiger partial charge is 0.375 e. The van der Waals surface area contributed by atoms with Crippen LogP contribution in [0.1, 0.15) is 5.56 Å². The van der Waals surface area contributed by atoms with E-state index in [9.17, 15) is 4.79 Å². The molecule has 0 fully saturated rings. The molecule has 96 valence electrons. The molecule has 0 bridgehead atoms. The van der Waals surface area contributed by atoms with Crippen LogP contribution >= 0.6 is 0 Å². The van der Waals surface area contributed by atoms with Gasteiger partial charge in [-0.1, -0.05) is 12.1 Å². The predicted octanol–water partition coefficient (Wildman–Crippen LogP) is 1.64. The van der Waals surface area contributed by atoms with Gasteiger partial charge >= 0.3 is 5.97 Å². The van der Waals surface area contributed by atoms with Crippen LogP contribution < -0.4 is 4.74 Å². The van der Waals surface area contributed by atoms with E-state index in [2.05, 4.69) is 9.89 Å². The second kappa shape index (κ2) is 6.95. The molecule has 0 radical (unpaired) electrons. The summed E-state index contributed by atoms with van der Waals surface area (Å²) in [5.41, 5.74) is 0.826. The summed E-state index contributed by atoms with van der Waals surface area (Å²) in [6.45, 7) is 0. The van der Waals surface area contributed by atoms with Crippen LogP contribution in [0.15, 0.2) is 41.4 Å². The summed E-state index contributed by atoms with van der Waals surface area (Å²) in [5.74, 6) is -1.17. The summed E-state index contributed by atoms with van der Waals surface area (Å²) < 4.78 is 9.78. The third kappa shape index (κ3) is 4.17. The van der Waals surface area contributed by atoms with Crippen molar-refractivity contribution >= 4 is 12.2 Å². The zero-order valence-electron chi connectivity index (χ0n) is 9.74. The average Bonchev–Trinajstić information content (AvgIpc) is 2.36. The molecule has 0 saturated heterocycles. The van der Waals surface area contributed by atoms with Gasteiger partial charge in [0.1, 0.15) is 12.0 Å². The summed E-state index contributed by atoms with van der Waals surface area (Å²) in [4.78, 5) is 10.8. The number of rotatable bonds is 6. The van der Waals surface area contributed by atoms with Gasteiger partial charge in [0.05, 0.1) is 7.11 Å². The third-order valence-corrected chi connectivity index (χ3v) is 1.97. The standard InChI is InChI=1S/C12H13NO5/c1-17-8-11(12(14)15)18-10-4-2-3-9(7-10)5-6-13-16/h2-4,6-8,16H,5H2,1H3,(H,14,15). The Balaban J connectivity index is 2.83. The van der Waals surface area contributed by atoms with Crippen molar-refractivity contribution in [3.8, 4) is 5.75 Å². The van der Waals surface area contributed by atoms with Gasteiger partial charge in [0.15, 0.2) is 0 Å². The second-order valence-electron chi connectivity index (χ2n) is 3.27. The van der Waals surface area contributed by atoms with E-state index in [1.54, 1.807) is 24.3 Å². The molecule has 0 aliphatic heterocycles. The van der Waals surface area contributed by atoms with Crippen LogP contribution in [0.25, 0.3) is 0 Å². The number of carbonyl (C=O) groups is 1. The van der Waals surface area contributed by atoms with E-state index in [4.69, 9.17) is 15.1 Å². The molecule has 0 heterocycles. The minimum absolute atomic E-state index is 0.314. The first kappa shape index (κ1) is 13.6. The molecule has 1 aromatic carbocycles. The van der Waals surface area contributed by atoms with Gasteiger partial charge in [-0.25, -0.2) is 4.79 Å². The molecule has 0 saturated carbocycles. The van der Waals surface area contributed by atoms with E-state index < -0.39 is 5.97 Å². The molecule has 1 aromatic rings. The maximum absolute atomic E-state index is 10.8. The Bertz CT molecular complexity index is 467. The van der Waals surface area contributed by atoms with Crippen LogP contribution in [0, 0.1) is 0 Å². The quantitative estimate of drug-likeness (QED) is 0.264. The van der Waals surface area contributed by atoms with Crippen LogP contribution in [0.5, 0.6) is 5.75 Å². The van der Waals surface area contributed by atoms with Crippen molar-refractivity contribution in [1.29, 1.82) is 0 Å². The molecular formula is C12H13NO5. The molecule has 0 aliphatic carbocycles. The molecule has 6 nitrogen and oxygen atoms in total. The SMILES string of the molecule is COC=C(Oc1cccc(CC=NO)c1)C(=O)O. The number of ether oxygens (including phenoxy) is 2. The van der Waals surface area contributed by atoms with Gasteiger partial charge in [-0.05, 0) is 17.7 Å². The number of hydrogen-bond acceptors (Lipinski definition) is 5. The minimum Gasteiger partial charge on any atom is -0.500 e. The van der Waals surface area contributed by atoms with Gasteiger partial charge in [-0.3, -0.25) is 0 Å². The van der Waals surface area contributed by atoms with Gasteiger partial charge < -0.3 is 19.8 Å². The first-order valence-corrected chi connectivity index (χ1v) is 5.06. The highest BCUT2D eigenvalue weighted by atomic mass is 16.5. The number of aliphatic carboxylic acids is 1. The highest BCUT2D eigenvalue weighted by Gasteiger charge is 2.10. The molecule has 0 aliphatic rings. The number of methoxy groups -OCH3 is 1. The first-order valence-electron chi connectivity index (χ1n) is 5.06. The van der Waals surface area contributed by atoms with Crippen molar-refractivity contribution < 1.29 is 24.6 Å². The summed E-state index contributed by atoms with van der Waals surface area (Å²) in [7, 11) is 1.33. The van der Waals surface area contributed by atoms with Crippen LogP contribution in [0.2, 0.25) is 0 Å². The molecule has 0 aromatic heterocycles. The fraction of sp³-hybridized carbons (Fsp3) is 0.167. The Morgan fingerprint density at radius 1 is 1.50 bits per heavy atom. The van der Waals surface area contributed by atoms with E-state index in [-0.39, 0.29) is 5.76 Å². The van der Waals surface area contributed by atoms with Gasteiger partial charge in [0.2, 0.25) is 5.76 Å². The maximum Gasteiger partial charge on any atom is 0.375 e. The monoisotopic (exact) mass is 251 g/mol. The Morgan fingerprint density at radius 3 is 2.89 bits per heavy atom. The maximum atomic E-state index is 10.8. The van der Waals surface area contributed by atoms with Crippen LogP contribution in [-0.4, -0.2) is 29.6 Å². The summed E-state index contributed by atoms with van der Waals surface area (Å²) in [6, 6.07) is 6.78. The second-order valence-corrected chi connectivity index (χ2v) is 3.27. The van der Waals surface area contributed by atoms with Gasteiger partial charge in [0, 0.05) is 12.6 Å². The zero-order valence-corrected chi connectivity index (χ0v) is 9.74. The highest BCUT2D eigenvalue weighted by Crippen LogP contribution is 2.16. The lowest BCUT2D eigenvalue weighted by molar-refractivity contribution is -0.135. The topological polar surface area (TPSA) is 88.4 Å². The molecule has 0 amide bonds. The van der Waals surface area contributed by atoms with Gasteiger partial charge in [0.25, 0.3) is 0 Å². The minimum atomic E-state index is -1.22. The van der Waals surface area contributed by atoms with Crippen molar-refractivity contribution in [3.63, 3.8) is 0 Å². The summed E-state index contributed by atoms with van der Waals surface area (Å²) >= 11 is 0. The molecule has 2 N–H and O–H groups in total. The molecule has 6 heteroatoms. The van der Waals surface area contributed by atoms with Crippen LogP contribution in [-0.2, 0) is 16.0 Å². The van der Waals surface area contributed by atoms with Crippen molar-refractivity contribution in [1.82, 2.24) is 0 Å². The van der Waals surface area contributed by atoms with Gasteiger partial charge in [-0.15, -0.1) is 5.16 Å². The fourth-order valence-electron chi connectivity index (χ4n) is 1.23. The van der Waals surface area contributed by atoms with E-state index in [1.165, 1.54) is 13.3 Å². The molecule has 0 spiro atoms. The van der Waals surface area contributed by atoms with Gasteiger partial charge in [-0.2, -0.15) is 0 Å². The summed E-state index contributed by atoms with van der Waals surface area (Å²) in [6.07, 6.45) is 2.75. The number of oxime groups is 1. The van der Waals surface area contributed by atoms with Crippen molar-refractivity contribution in [3.05, 3.63) is 41.9 Å². The average molecular weight is 251 g/mol. The number of carboxylic acid groups (broad SMARTS) is 1. The fourth-order valence-corrected chi connectivity index (χ4v) is 1.23. The van der Waals surface area contributed by atoms with E-state index in [0.29, 0.717) is 12.2 Å². The Kier molecular flexibility index (Phi) is 5.24.